The van der Waals surface area contributed by atoms with Crippen LogP contribution in [0.25, 0.3) is 0 Å². The standard InChI is InChI=1S/C13H12N4O2S2/c1-20-12-14-15-13-17(12)16-11(8-5-3-2-4-6-8)9(21-13)7-10(18)19/h2-6,9H,7H2,1H3,(H,18,19). The van der Waals surface area contributed by atoms with E-state index in [-0.39, 0.29) is 11.7 Å². The number of carboxylic acids is 1. The molecule has 1 aromatic heterocycles. The summed E-state index contributed by atoms with van der Waals surface area (Å²) in [6.07, 6.45) is 1.91. The lowest BCUT2D eigenvalue weighted by molar-refractivity contribution is -0.136. The zero-order chi connectivity index (χ0) is 14.8. The van der Waals surface area contributed by atoms with E-state index in [2.05, 4.69) is 15.3 Å². The molecule has 0 fully saturated rings. The first-order chi connectivity index (χ1) is 10.2. The van der Waals surface area contributed by atoms with Crippen LogP contribution in [0.4, 0.5) is 0 Å². The van der Waals surface area contributed by atoms with E-state index >= 15 is 0 Å². The van der Waals surface area contributed by atoms with Crippen molar-refractivity contribution in [2.24, 2.45) is 5.10 Å². The molecule has 108 valence electrons. The Kier molecular flexibility index (Phi) is 3.98. The molecular formula is C13H12N4O2S2. The fourth-order valence-corrected chi connectivity index (χ4v) is 3.61. The molecule has 0 spiro atoms. The van der Waals surface area contributed by atoms with Gasteiger partial charge in [-0.3, -0.25) is 4.79 Å². The number of thioether (sulfide) groups is 2. The fourth-order valence-electron chi connectivity index (χ4n) is 2.04. The monoisotopic (exact) mass is 320 g/mol. The van der Waals surface area contributed by atoms with Gasteiger partial charge in [0.05, 0.1) is 17.4 Å². The second-order valence-electron chi connectivity index (χ2n) is 4.34. The maximum Gasteiger partial charge on any atom is 0.304 e. The van der Waals surface area contributed by atoms with E-state index < -0.39 is 5.97 Å². The van der Waals surface area contributed by atoms with Crippen LogP contribution in [0.2, 0.25) is 0 Å². The van der Waals surface area contributed by atoms with E-state index in [0.29, 0.717) is 10.3 Å². The minimum atomic E-state index is -0.853. The van der Waals surface area contributed by atoms with Crippen molar-refractivity contribution in [2.75, 3.05) is 6.26 Å². The van der Waals surface area contributed by atoms with Crippen LogP contribution in [0, 0.1) is 0 Å². The highest BCUT2D eigenvalue weighted by molar-refractivity contribution is 8.00. The molecule has 0 saturated carbocycles. The van der Waals surface area contributed by atoms with Crippen LogP contribution in [-0.2, 0) is 4.79 Å². The lowest BCUT2D eigenvalue weighted by Crippen LogP contribution is -2.26. The van der Waals surface area contributed by atoms with Gasteiger partial charge in [-0.05, 0) is 11.8 Å². The van der Waals surface area contributed by atoms with Crippen molar-refractivity contribution in [1.29, 1.82) is 0 Å². The van der Waals surface area contributed by atoms with E-state index in [1.165, 1.54) is 23.5 Å². The topological polar surface area (TPSA) is 80.4 Å². The van der Waals surface area contributed by atoms with Gasteiger partial charge in [-0.2, -0.15) is 9.78 Å². The third-order valence-electron chi connectivity index (χ3n) is 2.96. The van der Waals surface area contributed by atoms with Crippen LogP contribution < -0.4 is 0 Å². The normalized spacial score (nSPS) is 17.2. The van der Waals surface area contributed by atoms with Gasteiger partial charge < -0.3 is 5.11 Å². The zero-order valence-electron chi connectivity index (χ0n) is 11.1. The number of aromatic nitrogens is 3. The first kappa shape index (κ1) is 14.2. The molecule has 1 aliphatic heterocycles. The summed E-state index contributed by atoms with van der Waals surface area (Å²) >= 11 is 2.84. The number of carboxylic acid groups (broad SMARTS) is 1. The van der Waals surface area contributed by atoms with Crippen LogP contribution in [0.3, 0.4) is 0 Å². The Bertz CT molecular complexity index is 699. The summed E-state index contributed by atoms with van der Waals surface area (Å²) in [5.41, 5.74) is 1.66. The number of hydrogen-bond acceptors (Lipinski definition) is 6. The summed E-state index contributed by atoms with van der Waals surface area (Å²) < 4.78 is 1.68. The third kappa shape index (κ3) is 2.81. The fraction of sp³-hybridized carbons (Fsp3) is 0.231. The zero-order valence-corrected chi connectivity index (χ0v) is 12.8. The molecule has 3 rings (SSSR count). The van der Waals surface area contributed by atoms with Gasteiger partial charge in [-0.1, -0.05) is 53.9 Å². The number of hydrogen-bond donors (Lipinski definition) is 1. The van der Waals surface area contributed by atoms with Crippen LogP contribution in [0.15, 0.2) is 45.7 Å². The van der Waals surface area contributed by atoms with Gasteiger partial charge in [0.25, 0.3) is 0 Å². The number of carbonyl (C=O) groups is 1. The van der Waals surface area contributed by atoms with Crippen LogP contribution in [0.5, 0.6) is 0 Å². The highest BCUT2D eigenvalue weighted by Crippen LogP contribution is 2.33. The van der Waals surface area contributed by atoms with Crippen molar-refractivity contribution in [3.05, 3.63) is 35.9 Å². The molecule has 1 aromatic carbocycles. The summed E-state index contributed by atoms with van der Waals surface area (Å²) in [4.78, 5) is 11.1. The number of fused-ring (bicyclic) bond motifs is 1. The Balaban J connectivity index is 2.07. The largest absolute Gasteiger partial charge is 0.481 e. The molecule has 2 aromatic rings. The van der Waals surface area contributed by atoms with Crippen LogP contribution in [-0.4, -0.2) is 43.2 Å². The maximum atomic E-state index is 11.1. The van der Waals surface area contributed by atoms with E-state index in [1.54, 1.807) is 4.68 Å². The van der Waals surface area contributed by atoms with Gasteiger partial charge in [0.2, 0.25) is 10.3 Å². The molecule has 1 unspecified atom stereocenters. The van der Waals surface area contributed by atoms with Gasteiger partial charge >= 0.3 is 5.97 Å². The molecule has 0 aliphatic carbocycles. The molecule has 0 radical (unpaired) electrons. The van der Waals surface area contributed by atoms with E-state index in [1.807, 2.05) is 36.6 Å². The van der Waals surface area contributed by atoms with Crippen molar-refractivity contribution in [2.45, 2.75) is 22.0 Å². The SMILES string of the molecule is CSc1nnc2n1N=C(c1ccccc1)C(CC(=O)O)S2. The molecule has 8 heteroatoms. The van der Waals surface area contributed by atoms with Crippen molar-refractivity contribution >= 4 is 35.2 Å². The van der Waals surface area contributed by atoms with Gasteiger partial charge in [-0.25, -0.2) is 0 Å². The first-order valence-corrected chi connectivity index (χ1v) is 8.31. The predicted molar refractivity (Wildman–Crippen MR) is 82.1 cm³/mol. The molecule has 1 atom stereocenters. The molecule has 6 nitrogen and oxygen atoms in total. The molecule has 21 heavy (non-hydrogen) atoms. The maximum absolute atomic E-state index is 11.1. The lowest BCUT2D eigenvalue weighted by atomic mass is 10.1. The van der Waals surface area contributed by atoms with E-state index in [9.17, 15) is 4.79 Å². The van der Waals surface area contributed by atoms with Crippen LogP contribution in [0.1, 0.15) is 12.0 Å². The summed E-state index contributed by atoms with van der Waals surface area (Å²) in [5, 5.41) is 22.9. The average Bonchev–Trinajstić information content (AvgIpc) is 2.88. The average molecular weight is 320 g/mol. The smallest absolute Gasteiger partial charge is 0.304 e. The number of benzene rings is 1. The Morgan fingerprint density at radius 3 is 2.81 bits per heavy atom. The Morgan fingerprint density at radius 2 is 2.14 bits per heavy atom. The minimum absolute atomic E-state index is 0.000143. The van der Waals surface area contributed by atoms with E-state index in [4.69, 9.17) is 5.11 Å². The highest BCUT2D eigenvalue weighted by Gasteiger charge is 2.30. The van der Waals surface area contributed by atoms with Gasteiger partial charge in [0, 0.05) is 0 Å². The van der Waals surface area contributed by atoms with Gasteiger partial charge in [0.1, 0.15) is 0 Å². The Hall–Kier alpha value is -1.80. The number of rotatable bonds is 4. The Labute approximate surface area is 129 Å². The molecule has 0 saturated heterocycles. The second kappa shape index (κ2) is 5.90. The summed E-state index contributed by atoms with van der Waals surface area (Å²) in [5.74, 6) is -0.853. The molecular weight excluding hydrogens is 308 g/mol. The Morgan fingerprint density at radius 1 is 1.38 bits per heavy atom. The number of nitrogens with zero attached hydrogens (tertiary/aromatic N) is 4. The van der Waals surface area contributed by atoms with Gasteiger partial charge in [-0.15, -0.1) is 10.2 Å². The number of aliphatic carboxylic acids is 1. The minimum Gasteiger partial charge on any atom is -0.481 e. The summed E-state index contributed by atoms with van der Waals surface area (Å²) in [6.45, 7) is 0. The molecule has 1 N–H and O–H groups in total. The van der Waals surface area contributed by atoms with Crippen molar-refractivity contribution < 1.29 is 9.90 Å². The van der Waals surface area contributed by atoms with Crippen LogP contribution >= 0.6 is 23.5 Å². The predicted octanol–water partition coefficient (Wildman–Crippen LogP) is 2.20. The quantitative estimate of drug-likeness (QED) is 0.870. The summed E-state index contributed by atoms with van der Waals surface area (Å²) in [7, 11) is 0. The first-order valence-electron chi connectivity index (χ1n) is 6.21. The second-order valence-corrected chi connectivity index (χ2v) is 6.28. The molecule has 0 bridgehead atoms. The van der Waals surface area contributed by atoms with Gasteiger partial charge in [0.15, 0.2) is 0 Å². The van der Waals surface area contributed by atoms with Crippen molar-refractivity contribution in [3.63, 3.8) is 0 Å². The highest BCUT2D eigenvalue weighted by atomic mass is 32.2. The summed E-state index contributed by atoms with van der Waals surface area (Å²) in [6, 6.07) is 9.61. The van der Waals surface area contributed by atoms with E-state index in [0.717, 1.165) is 11.3 Å². The molecule has 2 heterocycles. The van der Waals surface area contributed by atoms with Crippen molar-refractivity contribution in [3.8, 4) is 0 Å². The lowest BCUT2D eigenvalue weighted by Gasteiger charge is -2.21. The van der Waals surface area contributed by atoms with Crippen molar-refractivity contribution in [1.82, 2.24) is 14.9 Å². The molecule has 0 amide bonds. The third-order valence-corrected chi connectivity index (χ3v) is 4.72. The molecule has 1 aliphatic rings.